The Bertz CT molecular complexity index is 207. The third-order valence-corrected chi connectivity index (χ3v) is 1.61. The number of hydrogen-bond donors (Lipinski definition) is 2. The molecule has 1 heterocycles. The van der Waals surface area contributed by atoms with Crippen molar-refractivity contribution in [3.05, 3.63) is 18.2 Å². The van der Waals surface area contributed by atoms with Gasteiger partial charge in [0.05, 0.1) is 7.05 Å². The fourth-order valence-corrected chi connectivity index (χ4v) is 0.941. The van der Waals surface area contributed by atoms with Gasteiger partial charge in [0.25, 0.3) is 5.82 Å². The zero-order valence-corrected chi connectivity index (χ0v) is 6.33. The Morgan fingerprint density at radius 2 is 2.50 bits per heavy atom. The molecule has 1 atom stereocenters. The molecule has 1 aromatic heterocycles. The van der Waals surface area contributed by atoms with E-state index in [4.69, 9.17) is 0 Å². The van der Waals surface area contributed by atoms with Gasteiger partial charge in [-0.1, -0.05) is 6.92 Å². The van der Waals surface area contributed by atoms with Crippen molar-refractivity contribution in [2.24, 2.45) is 7.05 Å². The SMILES string of the molecule is CCC(O)c1[nH]cc[n+]1C. The monoisotopic (exact) mass is 141 g/mol. The van der Waals surface area contributed by atoms with E-state index in [1.54, 1.807) is 0 Å². The first kappa shape index (κ1) is 7.28. The molecule has 0 aromatic carbocycles. The van der Waals surface area contributed by atoms with Gasteiger partial charge in [0.2, 0.25) is 0 Å². The van der Waals surface area contributed by atoms with Crippen molar-refractivity contribution >= 4 is 0 Å². The van der Waals surface area contributed by atoms with Crippen LogP contribution in [0.15, 0.2) is 12.4 Å². The standard InChI is InChI=1S/C7H12N2O/c1-3-6(10)7-8-4-5-9(7)2/h4-6,10H,3H2,1-2H3/p+1. The molecule has 0 amide bonds. The minimum atomic E-state index is -0.361. The molecule has 0 aliphatic rings. The van der Waals surface area contributed by atoms with Crippen LogP contribution in [0.1, 0.15) is 25.3 Å². The van der Waals surface area contributed by atoms with Gasteiger partial charge in [0.15, 0.2) is 6.10 Å². The van der Waals surface area contributed by atoms with Crippen LogP contribution in [0.25, 0.3) is 0 Å². The zero-order chi connectivity index (χ0) is 7.56. The maximum atomic E-state index is 9.35. The number of nitrogens with one attached hydrogen (secondary N) is 1. The number of hydrogen-bond acceptors (Lipinski definition) is 1. The maximum absolute atomic E-state index is 9.35. The van der Waals surface area contributed by atoms with Gasteiger partial charge in [-0.25, -0.2) is 9.55 Å². The van der Waals surface area contributed by atoms with Crippen LogP contribution >= 0.6 is 0 Å². The number of aryl methyl sites for hydroxylation is 1. The molecule has 0 spiro atoms. The van der Waals surface area contributed by atoms with Crippen LogP contribution in [0.3, 0.4) is 0 Å². The van der Waals surface area contributed by atoms with Gasteiger partial charge in [0.1, 0.15) is 12.4 Å². The average Bonchev–Trinajstić information content (AvgIpc) is 2.34. The molecule has 0 aliphatic heterocycles. The highest BCUT2D eigenvalue weighted by Gasteiger charge is 2.15. The van der Waals surface area contributed by atoms with E-state index < -0.39 is 0 Å². The van der Waals surface area contributed by atoms with Gasteiger partial charge in [0, 0.05) is 0 Å². The van der Waals surface area contributed by atoms with Gasteiger partial charge in [-0.15, -0.1) is 0 Å². The Balaban J connectivity index is 2.82. The lowest BCUT2D eigenvalue weighted by Crippen LogP contribution is -2.32. The zero-order valence-electron chi connectivity index (χ0n) is 6.33. The molecule has 3 nitrogen and oxygen atoms in total. The van der Waals surface area contributed by atoms with Crippen LogP contribution in [0.4, 0.5) is 0 Å². The molecule has 1 unspecified atom stereocenters. The van der Waals surface area contributed by atoms with Crippen molar-refractivity contribution < 1.29 is 9.67 Å². The lowest BCUT2D eigenvalue weighted by molar-refractivity contribution is -0.681. The normalized spacial score (nSPS) is 13.5. The highest BCUT2D eigenvalue weighted by molar-refractivity contribution is 4.81. The molecule has 1 rings (SSSR count). The maximum Gasteiger partial charge on any atom is 0.283 e. The molecule has 0 fully saturated rings. The summed E-state index contributed by atoms with van der Waals surface area (Å²) in [6, 6.07) is 0. The van der Waals surface area contributed by atoms with E-state index in [-0.39, 0.29) is 6.10 Å². The lowest BCUT2D eigenvalue weighted by Gasteiger charge is -1.99. The Morgan fingerprint density at radius 1 is 1.80 bits per heavy atom. The molecule has 0 saturated carbocycles. The summed E-state index contributed by atoms with van der Waals surface area (Å²) in [4.78, 5) is 2.97. The second-order valence-electron chi connectivity index (χ2n) is 2.38. The van der Waals surface area contributed by atoms with Crippen LogP contribution in [0, 0.1) is 0 Å². The lowest BCUT2D eigenvalue weighted by atomic mass is 10.3. The molecule has 0 saturated heterocycles. The predicted octanol–water partition coefficient (Wildman–Crippen LogP) is 0.283. The average molecular weight is 141 g/mol. The first-order valence-corrected chi connectivity index (χ1v) is 3.46. The van der Waals surface area contributed by atoms with Crippen LogP contribution in [0.5, 0.6) is 0 Å². The van der Waals surface area contributed by atoms with Crippen molar-refractivity contribution in [2.75, 3.05) is 0 Å². The molecule has 0 aliphatic carbocycles. The number of H-pyrrole nitrogens is 1. The number of aromatic amines is 1. The first-order valence-electron chi connectivity index (χ1n) is 3.46. The van der Waals surface area contributed by atoms with Crippen molar-refractivity contribution in [1.29, 1.82) is 0 Å². The largest absolute Gasteiger partial charge is 0.380 e. The van der Waals surface area contributed by atoms with E-state index in [0.29, 0.717) is 0 Å². The summed E-state index contributed by atoms with van der Waals surface area (Å²) in [7, 11) is 1.91. The Kier molecular flexibility index (Phi) is 2.06. The van der Waals surface area contributed by atoms with Crippen molar-refractivity contribution in [3.8, 4) is 0 Å². The van der Waals surface area contributed by atoms with E-state index in [2.05, 4.69) is 4.98 Å². The fourth-order valence-electron chi connectivity index (χ4n) is 0.941. The number of aliphatic hydroxyl groups is 1. The van der Waals surface area contributed by atoms with E-state index in [9.17, 15) is 5.11 Å². The summed E-state index contributed by atoms with van der Waals surface area (Å²) in [5.74, 6) is 0.863. The molecule has 0 radical (unpaired) electrons. The summed E-state index contributed by atoms with van der Waals surface area (Å²) in [5, 5.41) is 9.35. The highest BCUT2D eigenvalue weighted by Crippen LogP contribution is 2.07. The predicted molar refractivity (Wildman–Crippen MR) is 37.2 cm³/mol. The Hall–Kier alpha value is -0.830. The third-order valence-electron chi connectivity index (χ3n) is 1.61. The number of rotatable bonds is 2. The van der Waals surface area contributed by atoms with E-state index in [0.717, 1.165) is 12.2 Å². The van der Waals surface area contributed by atoms with Crippen LogP contribution in [-0.2, 0) is 7.05 Å². The van der Waals surface area contributed by atoms with E-state index in [1.165, 1.54) is 0 Å². The Labute approximate surface area is 60.3 Å². The molecule has 1 aromatic rings. The van der Waals surface area contributed by atoms with Crippen LogP contribution in [0.2, 0.25) is 0 Å². The third kappa shape index (κ3) is 1.19. The number of aromatic nitrogens is 2. The molecule has 10 heavy (non-hydrogen) atoms. The second-order valence-corrected chi connectivity index (χ2v) is 2.38. The van der Waals surface area contributed by atoms with Crippen molar-refractivity contribution in [1.82, 2.24) is 4.98 Å². The van der Waals surface area contributed by atoms with Crippen molar-refractivity contribution in [3.63, 3.8) is 0 Å². The fraction of sp³-hybridized carbons (Fsp3) is 0.571. The molecule has 3 heteroatoms. The smallest absolute Gasteiger partial charge is 0.283 e. The molecule has 56 valence electrons. The Morgan fingerprint density at radius 3 is 2.90 bits per heavy atom. The minimum absolute atomic E-state index is 0.361. The topological polar surface area (TPSA) is 39.9 Å². The van der Waals surface area contributed by atoms with Gasteiger partial charge in [-0.05, 0) is 6.42 Å². The summed E-state index contributed by atoms with van der Waals surface area (Å²) < 4.78 is 1.88. The number of nitrogens with zero attached hydrogens (tertiary/aromatic N) is 1. The quantitative estimate of drug-likeness (QED) is 0.571. The molecular weight excluding hydrogens is 128 g/mol. The van der Waals surface area contributed by atoms with Gasteiger partial charge < -0.3 is 5.11 Å². The summed E-state index contributed by atoms with van der Waals surface area (Å²) in [6.07, 6.45) is 4.08. The minimum Gasteiger partial charge on any atom is -0.380 e. The first-order chi connectivity index (χ1) is 4.75. The van der Waals surface area contributed by atoms with E-state index >= 15 is 0 Å². The van der Waals surface area contributed by atoms with Gasteiger partial charge >= 0.3 is 0 Å². The van der Waals surface area contributed by atoms with Gasteiger partial charge in [-0.3, -0.25) is 0 Å². The number of imidazole rings is 1. The summed E-state index contributed by atoms with van der Waals surface area (Å²) >= 11 is 0. The molecule has 2 N–H and O–H groups in total. The van der Waals surface area contributed by atoms with Gasteiger partial charge in [-0.2, -0.15) is 0 Å². The summed E-state index contributed by atoms with van der Waals surface area (Å²) in [6.45, 7) is 1.95. The summed E-state index contributed by atoms with van der Waals surface area (Å²) in [5.41, 5.74) is 0. The second kappa shape index (κ2) is 2.84. The van der Waals surface area contributed by atoms with Crippen LogP contribution in [-0.4, -0.2) is 10.1 Å². The molecule has 0 bridgehead atoms. The van der Waals surface area contributed by atoms with Crippen LogP contribution < -0.4 is 4.57 Å². The molecular formula is C7H13N2O+. The number of aliphatic hydroxyl groups excluding tert-OH is 1. The van der Waals surface area contributed by atoms with Crippen molar-refractivity contribution in [2.45, 2.75) is 19.4 Å². The van der Waals surface area contributed by atoms with E-state index in [1.807, 2.05) is 30.9 Å². The highest BCUT2D eigenvalue weighted by atomic mass is 16.3.